The number of carbonyl (C=O) groups excluding carboxylic acids is 1. The number of unbranched alkanes of at least 4 members (excludes halogenated alkanes) is 31. The molecule has 73 heavy (non-hydrogen) atoms. The average molecular weight is 1040 g/mol. The van der Waals surface area contributed by atoms with Crippen LogP contribution < -0.4 is 5.32 Å². The zero-order valence-corrected chi connectivity index (χ0v) is 49.5. The second-order valence-electron chi connectivity index (χ2n) is 22.1. The Labute approximate surface area is 453 Å². The molecule has 426 valence electrons. The number of likely N-dealkylation sites (N-methyl/N-ethyl adjacent to an activating group) is 1. The Hall–Kier alpha value is -2.06. The van der Waals surface area contributed by atoms with Gasteiger partial charge in [-0.25, -0.2) is 4.57 Å². The van der Waals surface area contributed by atoms with Gasteiger partial charge in [0.05, 0.1) is 39.9 Å². The van der Waals surface area contributed by atoms with Crippen LogP contribution in [0.15, 0.2) is 72.9 Å². The highest BCUT2D eigenvalue weighted by atomic mass is 31.2. The van der Waals surface area contributed by atoms with Gasteiger partial charge in [-0.3, -0.25) is 13.8 Å². The van der Waals surface area contributed by atoms with Crippen LogP contribution in [-0.2, 0) is 18.4 Å². The summed E-state index contributed by atoms with van der Waals surface area (Å²) in [6.07, 6.45) is 75.6. The molecule has 3 atom stereocenters. The van der Waals surface area contributed by atoms with Crippen LogP contribution in [0.2, 0.25) is 0 Å². The van der Waals surface area contributed by atoms with E-state index in [1.807, 2.05) is 21.1 Å². The van der Waals surface area contributed by atoms with Gasteiger partial charge in [0.15, 0.2) is 0 Å². The van der Waals surface area contributed by atoms with E-state index in [2.05, 4.69) is 92.1 Å². The number of phosphoric ester groups is 1. The summed E-state index contributed by atoms with van der Waals surface area (Å²) in [5.74, 6) is -0.143. The molecule has 0 heterocycles. The van der Waals surface area contributed by atoms with Crippen molar-refractivity contribution in [2.75, 3.05) is 40.9 Å². The zero-order chi connectivity index (χ0) is 53.5. The molecule has 1 amide bonds. The monoisotopic (exact) mass is 1040 g/mol. The second kappa shape index (κ2) is 54.7. The minimum Gasteiger partial charge on any atom is -0.391 e. The van der Waals surface area contributed by atoms with Crippen molar-refractivity contribution in [3.63, 3.8) is 0 Å². The number of aliphatic hydroxyl groups is 1. The number of hydrogen-bond donors (Lipinski definition) is 3. The van der Waals surface area contributed by atoms with Crippen LogP contribution >= 0.6 is 7.82 Å². The van der Waals surface area contributed by atoms with E-state index >= 15 is 0 Å². The topological polar surface area (TPSA) is 105 Å². The number of aliphatic hydroxyl groups excluding tert-OH is 1. The predicted octanol–water partition coefficient (Wildman–Crippen LogP) is 19.0. The predicted molar refractivity (Wildman–Crippen MR) is 318 cm³/mol. The Bertz CT molecular complexity index is 1420. The highest BCUT2D eigenvalue weighted by molar-refractivity contribution is 7.47. The molecular formula is C64H120N2O6P+. The van der Waals surface area contributed by atoms with Crippen LogP contribution in [-0.4, -0.2) is 73.4 Å². The van der Waals surface area contributed by atoms with Gasteiger partial charge >= 0.3 is 7.82 Å². The summed E-state index contributed by atoms with van der Waals surface area (Å²) in [6, 6.07) is -0.760. The lowest BCUT2D eigenvalue weighted by atomic mass is 10.0. The van der Waals surface area contributed by atoms with Crippen molar-refractivity contribution < 1.29 is 32.9 Å². The normalized spacial score (nSPS) is 14.3. The molecule has 0 fully saturated rings. The molecule has 0 aromatic rings. The van der Waals surface area contributed by atoms with Gasteiger partial charge < -0.3 is 19.8 Å². The average Bonchev–Trinajstić information content (AvgIpc) is 3.35. The highest BCUT2D eigenvalue weighted by Gasteiger charge is 2.28. The number of quaternary nitrogens is 1. The van der Waals surface area contributed by atoms with Crippen molar-refractivity contribution in [1.82, 2.24) is 5.32 Å². The van der Waals surface area contributed by atoms with E-state index in [-0.39, 0.29) is 19.1 Å². The van der Waals surface area contributed by atoms with Crippen molar-refractivity contribution in [2.45, 2.75) is 289 Å². The third-order valence-corrected chi connectivity index (χ3v) is 14.7. The van der Waals surface area contributed by atoms with Crippen molar-refractivity contribution in [1.29, 1.82) is 0 Å². The first kappa shape index (κ1) is 70.9. The molecule has 0 aliphatic heterocycles. The van der Waals surface area contributed by atoms with Crippen LogP contribution in [0.25, 0.3) is 0 Å². The summed E-state index contributed by atoms with van der Waals surface area (Å²) in [4.78, 5) is 23.3. The van der Waals surface area contributed by atoms with Gasteiger partial charge in [0.2, 0.25) is 5.91 Å². The van der Waals surface area contributed by atoms with E-state index in [9.17, 15) is 19.4 Å². The molecule has 3 unspecified atom stereocenters. The largest absolute Gasteiger partial charge is 0.472 e. The Morgan fingerprint density at radius 2 is 0.822 bits per heavy atom. The molecule has 0 aromatic carbocycles. The maximum atomic E-state index is 13.0. The third-order valence-electron chi connectivity index (χ3n) is 13.7. The van der Waals surface area contributed by atoms with Crippen LogP contribution in [0.4, 0.5) is 0 Å². The molecule has 0 saturated heterocycles. The summed E-state index contributed by atoms with van der Waals surface area (Å²) >= 11 is 0. The molecule has 3 N–H and O–H groups in total. The van der Waals surface area contributed by atoms with Crippen LogP contribution in [0.3, 0.4) is 0 Å². The summed E-state index contributed by atoms with van der Waals surface area (Å²) in [6.45, 7) is 4.78. The molecule has 9 heteroatoms. The molecule has 0 saturated carbocycles. The first-order valence-electron chi connectivity index (χ1n) is 30.8. The third kappa shape index (κ3) is 57.5. The fourth-order valence-electron chi connectivity index (χ4n) is 8.93. The molecule has 8 nitrogen and oxygen atoms in total. The lowest BCUT2D eigenvalue weighted by molar-refractivity contribution is -0.870. The minimum absolute atomic E-state index is 0.0747. The Kier molecular flexibility index (Phi) is 53.2. The van der Waals surface area contributed by atoms with Gasteiger partial charge in [-0.05, 0) is 64.2 Å². The Morgan fingerprint density at radius 1 is 0.479 bits per heavy atom. The van der Waals surface area contributed by atoms with Crippen molar-refractivity contribution in [2.24, 2.45) is 0 Å². The molecule has 0 rings (SSSR count). The van der Waals surface area contributed by atoms with Gasteiger partial charge in [0.1, 0.15) is 13.2 Å². The fraction of sp³-hybridized carbons (Fsp3) is 0.797. The number of amides is 1. The summed E-state index contributed by atoms with van der Waals surface area (Å²) in [5, 5.41) is 14.0. The fourth-order valence-corrected chi connectivity index (χ4v) is 9.67. The number of nitrogens with one attached hydrogen (secondary N) is 1. The second-order valence-corrected chi connectivity index (χ2v) is 23.5. The Morgan fingerprint density at radius 3 is 1.21 bits per heavy atom. The number of carbonyl (C=O) groups is 1. The number of rotatable bonds is 56. The van der Waals surface area contributed by atoms with Gasteiger partial charge in [0, 0.05) is 6.42 Å². The number of nitrogens with zero attached hydrogens (tertiary/aromatic N) is 1. The quantitative estimate of drug-likeness (QED) is 0.0243. The van der Waals surface area contributed by atoms with Gasteiger partial charge in [-0.2, -0.15) is 0 Å². The van der Waals surface area contributed by atoms with Crippen LogP contribution in [0.5, 0.6) is 0 Å². The van der Waals surface area contributed by atoms with Gasteiger partial charge in [-0.1, -0.05) is 279 Å². The van der Waals surface area contributed by atoms with Gasteiger partial charge in [0.25, 0.3) is 0 Å². The smallest absolute Gasteiger partial charge is 0.391 e. The zero-order valence-electron chi connectivity index (χ0n) is 48.6. The van der Waals surface area contributed by atoms with E-state index < -0.39 is 20.0 Å². The van der Waals surface area contributed by atoms with E-state index in [0.717, 1.165) is 77.0 Å². The molecular weight excluding hydrogens is 924 g/mol. The summed E-state index contributed by atoms with van der Waals surface area (Å²) < 4.78 is 23.7. The number of phosphoric acid groups is 1. The maximum absolute atomic E-state index is 13.0. The molecule has 0 aliphatic carbocycles. The van der Waals surface area contributed by atoms with Gasteiger partial charge in [-0.15, -0.1) is 0 Å². The SMILES string of the molecule is CC/C=C\C/C=C\C/C=C\C/C=C\C/C=C\C/C=C\CCCCCCCCCCCCCCCCCCCCCCC(=O)NC(COP(=O)(O)OCC[N+](C)(C)C)C(O)CCCCCCCCCCCCCC. The molecule has 0 spiro atoms. The van der Waals surface area contributed by atoms with Crippen molar-refractivity contribution >= 4 is 13.7 Å². The van der Waals surface area contributed by atoms with E-state index in [0.29, 0.717) is 23.9 Å². The molecule has 0 bridgehead atoms. The highest BCUT2D eigenvalue weighted by Crippen LogP contribution is 2.43. The standard InChI is InChI=1S/C64H119N2O6P/c1-6-8-10-12-14-16-18-20-21-22-23-24-25-26-27-28-29-30-31-32-33-34-35-36-37-38-39-40-41-42-43-44-45-46-48-50-52-54-56-58-64(68)65-62(61-72-73(69,70)71-60-59-66(3,4)5)63(67)57-55-53-51-49-47-19-17-15-13-11-9-7-2/h8,10,14,16,20-21,23-24,26-27,29-30,62-63,67H,6-7,9,11-13,15,17-19,22,25,28,31-61H2,1-5H3,(H-,65,68,69,70)/p+1/b10-8-,16-14-,21-20-,24-23-,27-26-,30-29-. The maximum Gasteiger partial charge on any atom is 0.472 e. The number of allylic oxidation sites excluding steroid dienone is 12. The molecule has 0 radical (unpaired) electrons. The number of hydrogen-bond acceptors (Lipinski definition) is 5. The van der Waals surface area contributed by atoms with E-state index in [1.165, 1.54) is 173 Å². The minimum atomic E-state index is -4.32. The molecule has 0 aliphatic rings. The molecule has 0 aromatic heterocycles. The van der Waals surface area contributed by atoms with Crippen LogP contribution in [0, 0.1) is 0 Å². The summed E-state index contributed by atoms with van der Waals surface area (Å²) in [5.41, 5.74) is 0. The van der Waals surface area contributed by atoms with E-state index in [1.54, 1.807) is 0 Å². The Balaban J connectivity index is 3.89. The van der Waals surface area contributed by atoms with Crippen molar-refractivity contribution in [3.8, 4) is 0 Å². The lowest BCUT2D eigenvalue weighted by Gasteiger charge is -2.26. The van der Waals surface area contributed by atoms with Crippen LogP contribution in [0.1, 0.15) is 277 Å². The summed E-state index contributed by atoms with van der Waals surface area (Å²) in [7, 11) is 1.62. The van der Waals surface area contributed by atoms with E-state index in [4.69, 9.17) is 9.05 Å². The lowest BCUT2D eigenvalue weighted by Crippen LogP contribution is -2.46. The first-order valence-corrected chi connectivity index (χ1v) is 32.3. The van der Waals surface area contributed by atoms with Crippen molar-refractivity contribution in [3.05, 3.63) is 72.9 Å². The first-order chi connectivity index (χ1) is 35.5.